The number of hydrogen-bond donors (Lipinski definition) is 0. The van der Waals surface area contributed by atoms with Crippen LogP contribution in [-0.4, -0.2) is 22.3 Å². The van der Waals surface area contributed by atoms with E-state index < -0.39 is 18.7 Å². The predicted molar refractivity (Wildman–Crippen MR) is 135 cm³/mol. The second kappa shape index (κ2) is 11.5. The number of hydrogen-bond acceptors (Lipinski definition) is 2. The van der Waals surface area contributed by atoms with E-state index in [9.17, 15) is 22.0 Å². The highest BCUT2D eigenvalue weighted by Gasteiger charge is 2.35. The Morgan fingerprint density at radius 2 is 1.95 bits per heavy atom. The van der Waals surface area contributed by atoms with E-state index in [0.717, 1.165) is 59.8 Å². The van der Waals surface area contributed by atoms with E-state index in [1.54, 1.807) is 18.3 Å². The summed E-state index contributed by atoms with van der Waals surface area (Å²) in [6.45, 7) is 0.345. The third-order valence-electron chi connectivity index (χ3n) is 6.96. The zero-order valence-corrected chi connectivity index (χ0v) is 21.0. The Balaban J connectivity index is 1.72. The standard InChI is InChI=1S/C29H31F5N2O/c1-3-4-5-12-24-23-15-14-22(37-28(30)31)17-26(23)36(21-10-7-11-21)27(24)25-16-13-20(18-35-25)9-6-8-19(2)29(32,33)34/h13-19,21,28H,3-4,6-11H2,1-2H3. The fourth-order valence-electron chi connectivity index (χ4n) is 4.63. The summed E-state index contributed by atoms with van der Waals surface area (Å²) in [7, 11) is 0. The minimum atomic E-state index is -4.17. The average molecular weight is 519 g/mol. The van der Waals surface area contributed by atoms with Crippen molar-refractivity contribution in [1.82, 2.24) is 9.55 Å². The minimum absolute atomic E-state index is 0.0708. The van der Waals surface area contributed by atoms with Crippen LogP contribution in [-0.2, 0) is 6.42 Å². The molecular weight excluding hydrogens is 487 g/mol. The highest BCUT2D eigenvalue weighted by Crippen LogP contribution is 2.43. The summed E-state index contributed by atoms with van der Waals surface area (Å²) >= 11 is 0. The molecule has 0 saturated heterocycles. The lowest BCUT2D eigenvalue weighted by Gasteiger charge is -2.30. The van der Waals surface area contributed by atoms with Crippen molar-refractivity contribution >= 4 is 10.9 Å². The largest absolute Gasteiger partial charge is 0.435 e. The molecule has 2 aromatic heterocycles. The van der Waals surface area contributed by atoms with Crippen LogP contribution in [0, 0.1) is 17.8 Å². The topological polar surface area (TPSA) is 27.1 Å². The van der Waals surface area contributed by atoms with E-state index in [4.69, 9.17) is 0 Å². The minimum Gasteiger partial charge on any atom is -0.435 e. The molecule has 0 amide bonds. The number of nitrogens with zero attached hydrogens (tertiary/aromatic N) is 2. The molecule has 3 aromatic rings. The fraction of sp³-hybridized carbons (Fsp3) is 0.483. The molecule has 1 aromatic carbocycles. The Hall–Kier alpha value is -3.08. The maximum atomic E-state index is 12.9. The monoisotopic (exact) mass is 518 g/mol. The van der Waals surface area contributed by atoms with Crippen molar-refractivity contribution in [2.45, 2.75) is 84.0 Å². The SMILES string of the molecule is CCCC#Cc1c(-c2ccc(CCCC(C)C(F)(F)F)cn2)n(C2CCC2)c2cc(OC(F)F)ccc12. The Bertz CT molecular complexity index is 1260. The van der Waals surface area contributed by atoms with E-state index in [1.165, 1.54) is 13.0 Å². The Morgan fingerprint density at radius 3 is 2.54 bits per heavy atom. The van der Waals surface area contributed by atoms with Crippen molar-refractivity contribution in [2.24, 2.45) is 5.92 Å². The van der Waals surface area contributed by atoms with Crippen LogP contribution >= 0.6 is 0 Å². The molecule has 1 aliphatic rings. The molecule has 8 heteroatoms. The molecule has 3 nitrogen and oxygen atoms in total. The number of halogens is 5. The van der Waals surface area contributed by atoms with Crippen LogP contribution in [0.4, 0.5) is 22.0 Å². The van der Waals surface area contributed by atoms with Gasteiger partial charge in [0, 0.05) is 30.1 Å². The number of fused-ring (bicyclic) bond motifs is 1. The maximum absolute atomic E-state index is 12.9. The highest BCUT2D eigenvalue weighted by molar-refractivity contribution is 5.95. The summed E-state index contributed by atoms with van der Waals surface area (Å²) in [4.78, 5) is 4.69. The second-order valence-electron chi connectivity index (χ2n) is 9.67. The van der Waals surface area contributed by atoms with Crippen molar-refractivity contribution in [1.29, 1.82) is 0 Å². The summed E-state index contributed by atoms with van der Waals surface area (Å²) in [5.41, 5.74) is 4.00. The van der Waals surface area contributed by atoms with Crippen molar-refractivity contribution in [3.05, 3.63) is 47.7 Å². The molecule has 0 bridgehead atoms. The van der Waals surface area contributed by atoms with Crippen molar-refractivity contribution < 1.29 is 26.7 Å². The molecule has 0 spiro atoms. The van der Waals surface area contributed by atoms with Gasteiger partial charge in [0.15, 0.2) is 0 Å². The lowest BCUT2D eigenvalue weighted by molar-refractivity contribution is -0.171. The molecule has 1 saturated carbocycles. The highest BCUT2D eigenvalue weighted by atomic mass is 19.4. The van der Waals surface area contributed by atoms with Crippen LogP contribution in [0.3, 0.4) is 0 Å². The van der Waals surface area contributed by atoms with Crippen molar-refractivity contribution in [3.8, 4) is 29.0 Å². The molecule has 198 valence electrons. The van der Waals surface area contributed by atoms with Gasteiger partial charge in [-0.2, -0.15) is 22.0 Å². The Labute approximate surface area is 214 Å². The third-order valence-corrected chi connectivity index (χ3v) is 6.96. The summed E-state index contributed by atoms with van der Waals surface area (Å²) in [6, 6.07) is 8.94. The van der Waals surface area contributed by atoms with Gasteiger partial charge in [-0.3, -0.25) is 4.98 Å². The molecule has 1 unspecified atom stereocenters. The van der Waals surface area contributed by atoms with Gasteiger partial charge in [0.2, 0.25) is 0 Å². The van der Waals surface area contributed by atoms with Crippen LogP contribution in [0.2, 0.25) is 0 Å². The summed E-state index contributed by atoms with van der Waals surface area (Å²) in [5, 5.41) is 0.860. The van der Waals surface area contributed by atoms with Crippen LogP contribution in [0.25, 0.3) is 22.3 Å². The smallest absolute Gasteiger partial charge is 0.391 e. The van der Waals surface area contributed by atoms with Gasteiger partial charge in [0.25, 0.3) is 0 Å². The van der Waals surface area contributed by atoms with Gasteiger partial charge in [0.05, 0.1) is 28.4 Å². The van der Waals surface area contributed by atoms with Gasteiger partial charge in [-0.15, -0.1) is 0 Å². The first kappa shape index (κ1) is 27.0. The lowest BCUT2D eigenvalue weighted by Crippen LogP contribution is -2.19. The number of unbranched alkanes of at least 4 members (excludes halogenated alkanes) is 1. The summed E-state index contributed by atoms with van der Waals surface area (Å²) in [6.07, 6.45) is 3.19. The number of aromatic nitrogens is 2. The fourth-order valence-corrected chi connectivity index (χ4v) is 4.63. The first-order valence-corrected chi connectivity index (χ1v) is 12.8. The first-order chi connectivity index (χ1) is 17.7. The molecule has 0 aliphatic heterocycles. The van der Waals surface area contributed by atoms with Gasteiger partial charge in [-0.25, -0.2) is 0 Å². The lowest BCUT2D eigenvalue weighted by atomic mass is 9.92. The van der Waals surface area contributed by atoms with Crippen LogP contribution < -0.4 is 4.74 Å². The van der Waals surface area contributed by atoms with E-state index in [1.807, 2.05) is 12.1 Å². The molecule has 37 heavy (non-hydrogen) atoms. The number of alkyl halides is 5. The quantitative estimate of drug-likeness (QED) is 0.209. The zero-order chi connectivity index (χ0) is 26.6. The molecule has 1 aliphatic carbocycles. The van der Waals surface area contributed by atoms with E-state index >= 15 is 0 Å². The third kappa shape index (κ3) is 6.26. The summed E-state index contributed by atoms with van der Waals surface area (Å²) < 4.78 is 71.1. The first-order valence-electron chi connectivity index (χ1n) is 12.8. The number of rotatable bonds is 9. The number of benzene rings is 1. The van der Waals surface area contributed by atoms with E-state index in [0.29, 0.717) is 18.5 Å². The average Bonchev–Trinajstić information content (AvgIpc) is 3.11. The van der Waals surface area contributed by atoms with Crippen molar-refractivity contribution in [3.63, 3.8) is 0 Å². The van der Waals surface area contributed by atoms with Crippen molar-refractivity contribution in [2.75, 3.05) is 0 Å². The normalized spacial score (nSPS) is 14.9. The van der Waals surface area contributed by atoms with E-state index in [2.05, 4.69) is 33.1 Å². The molecular formula is C29H31F5N2O. The Kier molecular flexibility index (Phi) is 8.41. The Morgan fingerprint density at radius 1 is 1.16 bits per heavy atom. The van der Waals surface area contributed by atoms with Gasteiger partial charge in [-0.1, -0.05) is 31.8 Å². The second-order valence-corrected chi connectivity index (χ2v) is 9.67. The molecule has 0 N–H and O–H groups in total. The maximum Gasteiger partial charge on any atom is 0.391 e. The number of ether oxygens (including phenoxy) is 1. The zero-order valence-electron chi connectivity index (χ0n) is 21.0. The number of aryl methyl sites for hydroxylation is 1. The van der Waals surface area contributed by atoms with E-state index in [-0.39, 0.29) is 18.2 Å². The van der Waals surface area contributed by atoms with Crippen LogP contribution in [0.1, 0.15) is 76.0 Å². The van der Waals surface area contributed by atoms with Crippen LogP contribution in [0.15, 0.2) is 36.5 Å². The van der Waals surface area contributed by atoms with Gasteiger partial charge in [0.1, 0.15) is 5.75 Å². The van der Waals surface area contributed by atoms with Gasteiger partial charge < -0.3 is 9.30 Å². The molecule has 2 heterocycles. The molecule has 1 atom stereocenters. The number of pyridine rings is 1. The van der Waals surface area contributed by atoms with Crippen LogP contribution in [0.5, 0.6) is 5.75 Å². The molecule has 1 fully saturated rings. The molecule has 0 radical (unpaired) electrons. The molecule has 4 rings (SSSR count). The van der Waals surface area contributed by atoms with Gasteiger partial charge >= 0.3 is 12.8 Å². The summed E-state index contributed by atoms with van der Waals surface area (Å²) in [5.74, 6) is 5.29. The van der Waals surface area contributed by atoms with Gasteiger partial charge in [-0.05, 0) is 68.7 Å². The predicted octanol–water partition coefficient (Wildman–Crippen LogP) is 8.70.